The van der Waals surface area contributed by atoms with Crippen molar-refractivity contribution in [2.45, 2.75) is 38.8 Å². The van der Waals surface area contributed by atoms with Gasteiger partial charge in [-0.15, -0.1) is 0 Å². The van der Waals surface area contributed by atoms with Crippen molar-refractivity contribution in [3.05, 3.63) is 23.7 Å². The average molecular weight is 254 g/mol. The number of rotatable bonds is 7. The number of carboxylic acids is 1. The lowest BCUT2D eigenvalue weighted by Crippen LogP contribution is -2.40. The van der Waals surface area contributed by atoms with Crippen LogP contribution in [0.5, 0.6) is 0 Å². The zero-order valence-electron chi connectivity index (χ0n) is 10.3. The summed E-state index contributed by atoms with van der Waals surface area (Å²) in [5.41, 5.74) is 5.36. The lowest BCUT2D eigenvalue weighted by molar-refractivity contribution is -0.139. The molecule has 0 spiro atoms. The largest absolute Gasteiger partial charge is 0.480 e. The van der Waals surface area contributed by atoms with Crippen molar-refractivity contribution >= 4 is 11.9 Å². The second kappa shape index (κ2) is 6.80. The molecule has 100 valence electrons. The molecule has 0 saturated carbocycles. The van der Waals surface area contributed by atoms with Crippen LogP contribution >= 0.6 is 0 Å². The monoisotopic (exact) mass is 254 g/mol. The molecule has 0 aromatic carbocycles. The zero-order chi connectivity index (χ0) is 13.5. The van der Waals surface area contributed by atoms with Crippen molar-refractivity contribution in [1.82, 2.24) is 5.32 Å². The first-order valence-corrected chi connectivity index (χ1v) is 5.91. The molecule has 6 nitrogen and oxygen atoms in total. The van der Waals surface area contributed by atoms with Crippen LogP contribution in [0.15, 0.2) is 16.5 Å². The van der Waals surface area contributed by atoms with Crippen LogP contribution in [0.2, 0.25) is 0 Å². The smallest absolute Gasteiger partial charge is 0.326 e. The molecule has 4 N–H and O–H groups in total. The topological polar surface area (TPSA) is 106 Å². The summed E-state index contributed by atoms with van der Waals surface area (Å²) in [6, 6.07) is 2.19. The number of carbonyl (C=O) groups is 2. The van der Waals surface area contributed by atoms with Gasteiger partial charge in [0.05, 0.1) is 6.54 Å². The van der Waals surface area contributed by atoms with Crippen molar-refractivity contribution in [2.75, 3.05) is 0 Å². The Hall–Kier alpha value is -1.82. The fourth-order valence-corrected chi connectivity index (χ4v) is 1.50. The molecule has 18 heavy (non-hydrogen) atoms. The molecule has 0 aliphatic heterocycles. The molecule has 1 heterocycles. The Kier molecular flexibility index (Phi) is 5.38. The highest BCUT2D eigenvalue weighted by atomic mass is 16.4. The SMILES string of the molecule is CCCC[C@H](NC(=O)c1ccc(CN)o1)C(=O)O. The van der Waals surface area contributed by atoms with E-state index >= 15 is 0 Å². The van der Waals surface area contributed by atoms with Crippen LogP contribution in [0.1, 0.15) is 42.5 Å². The lowest BCUT2D eigenvalue weighted by Gasteiger charge is -2.12. The Morgan fingerprint density at radius 1 is 1.50 bits per heavy atom. The number of carboxylic acid groups (broad SMARTS) is 1. The molecule has 0 aliphatic carbocycles. The van der Waals surface area contributed by atoms with Gasteiger partial charge in [0.15, 0.2) is 5.76 Å². The number of furan rings is 1. The quantitative estimate of drug-likeness (QED) is 0.676. The molecule has 0 saturated heterocycles. The standard InChI is InChI=1S/C12H18N2O4/c1-2-3-4-9(12(16)17)14-11(15)10-6-5-8(7-13)18-10/h5-6,9H,2-4,7,13H2,1H3,(H,14,15)(H,16,17)/t9-/m0/s1. The molecule has 6 heteroatoms. The summed E-state index contributed by atoms with van der Waals surface area (Å²) in [7, 11) is 0. The maximum Gasteiger partial charge on any atom is 0.326 e. The van der Waals surface area contributed by atoms with Crippen molar-refractivity contribution in [2.24, 2.45) is 5.73 Å². The third kappa shape index (κ3) is 3.89. The van der Waals surface area contributed by atoms with Gasteiger partial charge in [-0.3, -0.25) is 4.79 Å². The molecule has 1 aromatic rings. The number of nitrogens with two attached hydrogens (primary N) is 1. The predicted octanol–water partition coefficient (Wildman–Crippen LogP) is 1.11. The van der Waals surface area contributed by atoms with Crippen LogP contribution in [0.3, 0.4) is 0 Å². The van der Waals surface area contributed by atoms with Crippen LogP contribution in [0.4, 0.5) is 0 Å². The van der Waals surface area contributed by atoms with Gasteiger partial charge in [0.2, 0.25) is 0 Å². The van der Waals surface area contributed by atoms with E-state index in [0.29, 0.717) is 12.2 Å². The van der Waals surface area contributed by atoms with Crippen LogP contribution in [0.25, 0.3) is 0 Å². The Bertz CT molecular complexity index is 414. The molecule has 0 aliphatic rings. The number of aliphatic carboxylic acids is 1. The van der Waals surface area contributed by atoms with Crippen molar-refractivity contribution in [3.63, 3.8) is 0 Å². The summed E-state index contributed by atoms with van der Waals surface area (Å²) in [6.07, 6.45) is 2.02. The number of unbranched alkanes of at least 4 members (excludes halogenated alkanes) is 1. The second-order valence-corrected chi connectivity index (χ2v) is 3.98. The first-order chi connectivity index (χ1) is 8.58. The Balaban J connectivity index is 2.62. The normalized spacial score (nSPS) is 12.1. The van der Waals surface area contributed by atoms with Crippen LogP contribution in [-0.4, -0.2) is 23.0 Å². The summed E-state index contributed by atoms with van der Waals surface area (Å²) in [6.45, 7) is 2.16. The molecule has 1 amide bonds. The van der Waals surface area contributed by atoms with E-state index in [2.05, 4.69) is 5.32 Å². The summed E-state index contributed by atoms with van der Waals surface area (Å²) >= 11 is 0. The van der Waals surface area contributed by atoms with E-state index in [0.717, 1.165) is 12.8 Å². The minimum Gasteiger partial charge on any atom is -0.480 e. The molecule has 1 rings (SSSR count). The molecular weight excluding hydrogens is 236 g/mol. The molecule has 1 aromatic heterocycles. The third-order valence-corrected chi connectivity index (χ3v) is 2.54. The molecule has 0 fully saturated rings. The molecule has 0 unspecified atom stereocenters. The van der Waals surface area contributed by atoms with E-state index in [4.69, 9.17) is 15.3 Å². The average Bonchev–Trinajstić information content (AvgIpc) is 2.82. The fourth-order valence-electron chi connectivity index (χ4n) is 1.50. The van der Waals surface area contributed by atoms with Crippen molar-refractivity contribution < 1.29 is 19.1 Å². The van der Waals surface area contributed by atoms with Gasteiger partial charge in [-0.1, -0.05) is 19.8 Å². The van der Waals surface area contributed by atoms with Gasteiger partial charge in [-0.25, -0.2) is 4.79 Å². The van der Waals surface area contributed by atoms with Gasteiger partial charge < -0.3 is 20.6 Å². The summed E-state index contributed by atoms with van der Waals surface area (Å²) in [5.74, 6) is -1.00. The predicted molar refractivity (Wildman–Crippen MR) is 65.0 cm³/mol. The number of amides is 1. The fraction of sp³-hybridized carbons (Fsp3) is 0.500. The van der Waals surface area contributed by atoms with Crippen LogP contribution < -0.4 is 11.1 Å². The minimum absolute atomic E-state index is 0.0817. The number of carbonyl (C=O) groups excluding carboxylic acids is 1. The maximum atomic E-state index is 11.7. The number of hydrogen-bond acceptors (Lipinski definition) is 4. The van der Waals surface area contributed by atoms with E-state index < -0.39 is 17.9 Å². The van der Waals surface area contributed by atoms with E-state index in [1.807, 2.05) is 6.92 Å². The highest BCUT2D eigenvalue weighted by molar-refractivity contribution is 5.94. The minimum atomic E-state index is -1.04. The van der Waals surface area contributed by atoms with Gasteiger partial charge in [0.25, 0.3) is 5.91 Å². The van der Waals surface area contributed by atoms with E-state index in [9.17, 15) is 9.59 Å². The molecule has 0 radical (unpaired) electrons. The second-order valence-electron chi connectivity index (χ2n) is 3.98. The van der Waals surface area contributed by atoms with Crippen LogP contribution in [0, 0.1) is 0 Å². The molecule has 0 bridgehead atoms. The first-order valence-electron chi connectivity index (χ1n) is 5.91. The summed E-state index contributed by atoms with van der Waals surface area (Å²) in [4.78, 5) is 22.7. The van der Waals surface area contributed by atoms with Crippen LogP contribution in [-0.2, 0) is 11.3 Å². The van der Waals surface area contributed by atoms with Gasteiger partial charge in [0.1, 0.15) is 11.8 Å². The molecule has 1 atom stereocenters. The van der Waals surface area contributed by atoms with E-state index in [1.165, 1.54) is 6.07 Å². The van der Waals surface area contributed by atoms with Gasteiger partial charge in [-0.05, 0) is 18.6 Å². The van der Waals surface area contributed by atoms with E-state index in [-0.39, 0.29) is 12.3 Å². The highest BCUT2D eigenvalue weighted by Gasteiger charge is 2.21. The zero-order valence-corrected chi connectivity index (χ0v) is 10.3. The Morgan fingerprint density at radius 3 is 2.72 bits per heavy atom. The summed E-state index contributed by atoms with van der Waals surface area (Å²) < 4.78 is 5.15. The lowest BCUT2D eigenvalue weighted by atomic mass is 10.1. The molecular formula is C12H18N2O4. The Morgan fingerprint density at radius 2 is 2.22 bits per heavy atom. The first kappa shape index (κ1) is 14.2. The van der Waals surface area contributed by atoms with Crippen molar-refractivity contribution in [1.29, 1.82) is 0 Å². The highest BCUT2D eigenvalue weighted by Crippen LogP contribution is 2.08. The maximum absolute atomic E-state index is 11.7. The van der Waals surface area contributed by atoms with Crippen molar-refractivity contribution in [3.8, 4) is 0 Å². The number of nitrogens with one attached hydrogen (secondary N) is 1. The summed E-state index contributed by atoms with van der Waals surface area (Å²) in [5, 5.41) is 11.4. The van der Waals surface area contributed by atoms with Gasteiger partial charge in [-0.2, -0.15) is 0 Å². The third-order valence-electron chi connectivity index (χ3n) is 2.54. The van der Waals surface area contributed by atoms with Gasteiger partial charge in [0, 0.05) is 0 Å². The van der Waals surface area contributed by atoms with Gasteiger partial charge >= 0.3 is 5.97 Å². The Labute approximate surface area is 105 Å². The number of hydrogen-bond donors (Lipinski definition) is 3. The van der Waals surface area contributed by atoms with E-state index in [1.54, 1.807) is 6.07 Å².